The van der Waals surface area contributed by atoms with Crippen molar-refractivity contribution in [3.8, 4) is 0 Å². The van der Waals surface area contributed by atoms with E-state index in [9.17, 15) is 0 Å². The van der Waals surface area contributed by atoms with E-state index in [0.717, 1.165) is 36.4 Å². The molecule has 2 aromatic heterocycles. The number of pyridine rings is 1. The molecule has 0 bridgehead atoms. The molecular formula is C13H19N5. The average molecular weight is 245 g/mol. The Labute approximate surface area is 106 Å². The molecule has 1 aliphatic rings. The summed E-state index contributed by atoms with van der Waals surface area (Å²) in [6.07, 6.45) is 6.04. The number of H-pyrrole nitrogens is 1. The lowest BCUT2D eigenvalue weighted by Gasteiger charge is -2.22. The Bertz CT molecular complexity index is 527. The van der Waals surface area contributed by atoms with E-state index in [1.54, 1.807) is 6.07 Å². The first-order valence-corrected chi connectivity index (χ1v) is 6.66. The van der Waals surface area contributed by atoms with Gasteiger partial charge in [0.1, 0.15) is 11.6 Å². The monoisotopic (exact) mass is 245 g/mol. The number of piperidine rings is 1. The molecule has 1 fully saturated rings. The molecule has 0 aromatic carbocycles. The lowest BCUT2D eigenvalue weighted by atomic mass is 10.0. The standard InChI is InChI=1S/C13H19N5/c14-11-6-5-10-13(17-11)18-12(16-10)7-4-9-3-1-2-8-15-9/h5-6,9,15H,1-4,7-8H2,(H3,14,16,17,18). The van der Waals surface area contributed by atoms with Crippen LogP contribution in [0.5, 0.6) is 0 Å². The summed E-state index contributed by atoms with van der Waals surface area (Å²) in [5.41, 5.74) is 7.34. The molecule has 0 radical (unpaired) electrons. The molecule has 3 rings (SSSR count). The summed E-state index contributed by atoms with van der Waals surface area (Å²) in [6.45, 7) is 1.16. The molecule has 0 saturated carbocycles. The first-order chi connectivity index (χ1) is 8.81. The van der Waals surface area contributed by atoms with Crippen LogP contribution in [0.1, 0.15) is 31.5 Å². The molecule has 1 saturated heterocycles. The molecule has 2 aromatic rings. The van der Waals surface area contributed by atoms with Gasteiger partial charge in [0, 0.05) is 12.5 Å². The van der Waals surface area contributed by atoms with Gasteiger partial charge in [0.15, 0.2) is 5.65 Å². The van der Waals surface area contributed by atoms with Crippen LogP contribution in [-0.4, -0.2) is 27.5 Å². The highest BCUT2D eigenvalue weighted by Gasteiger charge is 2.13. The van der Waals surface area contributed by atoms with Crippen molar-refractivity contribution in [2.24, 2.45) is 0 Å². The quantitative estimate of drug-likeness (QED) is 0.767. The number of fused-ring (bicyclic) bond motifs is 1. The van der Waals surface area contributed by atoms with E-state index in [-0.39, 0.29) is 0 Å². The molecule has 1 aliphatic heterocycles. The summed E-state index contributed by atoms with van der Waals surface area (Å²) in [6, 6.07) is 4.38. The van der Waals surface area contributed by atoms with Crippen LogP contribution in [0.15, 0.2) is 12.1 Å². The third-order valence-corrected chi connectivity index (χ3v) is 3.56. The smallest absolute Gasteiger partial charge is 0.179 e. The highest BCUT2D eigenvalue weighted by Crippen LogP contribution is 2.15. The largest absolute Gasteiger partial charge is 0.384 e. The fourth-order valence-corrected chi connectivity index (χ4v) is 2.56. The van der Waals surface area contributed by atoms with Crippen molar-refractivity contribution in [1.29, 1.82) is 0 Å². The molecule has 5 heteroatoms. The van der Waals surface area contributed by atoms with Crippen molar-refractivity contribution in [3.63, 3.8) is 0 Å². The minimum atomic E-state index is 0.523. The predicted octanol–water partition coefficient (Wildman–Crippen LogP) is 1.61. The number of anilines is 1. The molecule has 5 nitrogen and oxygen atoms in total. The zero-order valence-corrected chi connectivity index (χ0v) is 10.4. The van der Waals surface area contributed by atoms with Crippen LogP contribution < -0.4 is 11.1 Å². The topological polar surface area (TPSA) is 79.6 Å². The third-order valence-electron chi connectivity index (χ3n) is 3.56. The number of nitrogens with two attached hydrogens (primary N) is 1. The number of hydrogen-bond acceptors (Lipinski definition) is 4. The number of rotatable bonds is 3. The summed E-state index contributed by atoms with van der Waals surface area (Å²) >= 11 is 0. The van der Waals surface area contributed by atoms with Crippen molar-refractivity contribution in [3.05, 3.63) is 18.0 Å². The van der Waals surface area contributed by atoms with E-state index in [0.29, 0.717) is 11.9 Å². The molecule has 0 spiro atoms. The maximum atomic E-state index is 5.65. The highest BCUT2D eigenvalue weighted by molar-refractivity contribution is 5.72. The van der Waals surface area contributed by atoms with Crippen LogP contribution in [0.25, 0.3) is 11.2 Å². The van der Waals surface area contributed by atoms with Gasteiger partial charge in [-0.3, -0.25) is 0 Å². The Hall–Kier alpha value is -1.62. The normalized spacial score (nSPS) is 20.3. The summed E-state index contributed by atoms with van der Waals surface area (Å²) < 4.78 is 0. The van der Waals surface area contributed by atoms with Gasteiger partial charge in [-0.1, -0.05) is 6.42 Å². The molecular weight excluding hydrogens is 226 g/mol. The van der Waals surface area contributed by atoms with Gasteiger partial charge in [-0.05, 0) is 37.9 Å². The first-order valence-electron chi connectivity index (χ1n) is 6.66. The van der Waals surface area contributed by atoms with Crippen molar-refractivity contribution < 1.29 is 0 Å². The summed E-state index contributed by atoms with van der Waals surface area (Å²) in [5.74, 6) is 1.53. The van der Waals surface area contributed by atoms with E-state index >= 15 is 0 Å². The molecule has 96 valence electrons. The Morgan fingerprint density at radius 3 is 3.06 bits per heavy atom. The number of nitrogens with zero attached hydrogens (tertiary/aromatic N) is 2. The fraction of sp³-hybridized carbons (Fsp3) is 0.538. The molecule has 0 amide bonds. The van der Waals surface area contributed by atoms with Crippen LogP contribution >= 0.6 is 0 Å². The van der Waals surface area contributed by atoms with Gasteiger partial charge in [0.25, 0.3) is 0 Å². The number of aryl methyl sites for hydroxylation is 1. The first kappa shape index (κ1) is 11.5. The van der Waals surface area contributed by atoms with Crippen LogP contribution in [0.3, 0.4) is 0 Å². The molecule has 18 heavy (non-hydrogen) atoms. The highest BCUT2D eigenvalue weighted by atomic mass is 15.0. The number of aromatic nitrogens is 3. The van der Waals surface area contributed by atoms with Gasteiger partial charge >= 0.3 is 0 Å². The number of imidazole rings is 1. The number of hydrogen-bond donors (Lipinski definition) is 3. The molecule has 4 N–H and O–H groups in total. The van der Waals surface area contributed by atoms with Crippen LogP contribution in [0, 0.1) is 0 Å². The third kappa shape index (κ3) is 2.46. The van der Waals surface area contributed by atoms with E-state index in [1.807, 2.05) is 6.07 Å². The maximum Gasteiger partial charge on any atom is 0.179 e. The summed E-state index contributed by atoms with van der Waals surface area (Å²) in [5, 5.41) is 3.55. The lowest BCUT2D eigenvalue weighted by Crippen LogP contribution is -2.34. The van der Waals surface area contributed by atoms with Gasteiger partial charge < -0.3 is 16.0 Å². The summed E-state index contributed by atoms with van der Waals surface area (Å²) in [7, 11) is 0. The van der Waals surface area contributed by atoms with Crippen molar-refractivity contribution >= 4 is 17.0 Å². The van der Waals surface area contributed by atoms with Crippen LogP contribution in [0.2, 0.25) is 0 Å². The molecule has 1 unspecified atom stereocenters. The van der Waals surface area contributed by atoms with Crippen molar-refractivity contribution in [2.45, 2.75) is 38.1 Å². The van der Waals surface area contributed by atoms with Gasteiger partial charge in [0.05, 0.1) is 5.52 Å². The molecule has 3 heterocycles. The number of aromatic amines is 1. The van der Waals surface area contributed by atoms with Gasteiger partial charge in [0.2, 0.25) is 0 Å². The van der Waals surface area contributed by atoms with Crippen LogP contribution in [-0.2, 0) is 6.42 Å². The number of nitrogens with one attached hydrogen (secondary N) is 2. The molecule has 1 atom stereocenters. The zero-order chi connectivity index (χ0) is 12.4. The van der Waals surface area contributed by atoms with Crippen molar-refractivity contribution in [2.75, 3.05) is 12.3 Å². The van der Waals surface area contributed by atoms with E-state index < -0.39 is 0 Å². The minimum absolute atomic E-state index is 0.523. The van der Waals surface area contributed by atoms with E-state index in [1.165, 1.54) is 19.3 Å². The second kappa shape index (κ2) is 4.94. The number of nitrogen functional groups attached to an aromatic ring is 1. The van der Waals surface area contributed by atoms with E-state index in [2.05, 4.69) is 20.3 Å². The Kier molecular flexibility index (Phi) is 3.15. The van der Waals surface area contributed by atoms with Gasteiger partial charge in [-0.15, -0.1) is 0 Å². The van der Waals surface area contributed by atoms with Crippen molar-refractivity contribution in [1.82, 2.24) is 20.3 Å². The van der Waals surface area contributed by atoms with Crippen LogP contribution in [0.4, 0.5) is 5.82 Å². The Balaban J connectivity index is 1.67. The fourth-order valence-electron chi connectivity index (χ4n) is 2.56. The Morgan fingerprint density at radius 2 is 2.22 bits per heavy atom. The zero-order valence-electron chi connectivity index (χ0n) is 10.4. The van der Waals surface area contributed by atoms with Gasteiger partial charge in [-0.25, -0.2) is 9.97 Å². The second-order valence-electron chi connectivity index (χ2n) is 4.98. The Morgan fingerprint density at radius 1 is 1.28 bits per heavy atom. The minimum Gasteiger partial charge on any atom is -0.384 e. The SMILES string of the molecule is Nc1ccc2[nH]c(CCC3CCCCN3)nc2n1. The average Bonchev–Trinajstić information content (AvgIpc) is 2.79. The maximum absolute atomic E-state index is 5.65. The predicted molar refractivity (Wildman–Crippen MR) is 72.3 cm³/mol. The summed E-state index contributed by atoms with van der Waals surface area (Å²) in [4.78, 5) is 12.0. The second-order valence-corrected chi connectivity index (χ2v) is 4.98. The lowest BCUT2D eigenvalue weighted by molar-refractivity contribution is 0.381. The van der Waals surface area contributed by atoms with E-state index in [4.69, 9.17) is 5.73 Å². The van der Waals surface area contributed by atoms with Gasteiger partial charge in [-0.2, -0.15) is 0 Å². The molecule has 0 aliphatic carbocycles.